The standard InChI is InChI=1S/C10H18N4/c1-13-10(11)9(7-12-13)8-14-5-3-2-4-6-14/h7H,2-6,8,11H2,1H3. The summed E-state index contributed by atoms with van der Waals surface area (Å²) in [5.74, 6) is 0.801. The lowest BCUT2D eigenvalue weighted by atomic mass is 10.1. The third-order valence-electron chi connectivity index (χ3n) is 2.91. The fraction of sp³-hybridized carbons (Fsp3) is 0.700. The molecule has 0 bridgehead atoms. The molecule has 14 heavy (non-hydrogen) atoms. The highest BCUT2D eigenvalue weighted by Gasteiger charge is 2.13. The lowest BCUT2D eigenvalue weighted by Gasteiger charge is -2.25. The first-order valence-corrected chi connectivity index (χ1v) is 5.26. The minimum Gasteiger partial charge on any atom is -0.384 e. The van der Waals surface area contributed by atoms with Gasteiger partial charge in [0.05, 0.1) is 6.20 Å². The number of piperidine rings is 1. The maximum atomic E-state index is 5.89. The molecule has 0 spiro atoms. The van der Waals surface area contributed by atoms with Crippen LogP contribution in [-0.4, -0.2) is 27.8 Å². The summed E-state index contributed by atoms with van der Waals surface area (Å²) in [6.45, 7) is 3.36. The van der Waals surface area contributed by atoms with Gasteiger partial charge in [-0.3, -0.25) is 9.58 Å². The van der Waals surface area contributed by atoms with Crippen molar-refractivity contribution in [3.05, 3.63) is 11.8 Å². The first-order chi connectivity index (χ1) is 6.77. The summed E-state index contributed by atoms with van der Waals surface area (Å²) in [6.07, 6.45) is 5.89. The van der Waals surface area contributed by atoms with Crippen LogP contribution in [0.15, 0.2) is 6.20 Å². The summed E-state index contributed by atoms with van der Waals surface area (Å²) in [5.41, 5.74) is 7.06. The predicted molar refractivity (Wildman–Crippen MR) is 56.7 cm³/mol. The Morgan fingerprint density at radius 3 is 2.64 bits per heavy atom. The minimum absolute atomic E-state index is 0.801. The highest BCUT2D eigenvalue weighted by atomic mass is 15.3. The molecule has 0 aromatic carbocycles. The van der Waals surface area contributed by atoms with Crippen LogP contribution in [0.4, 0.5) is 5.82 Å². The molecule has 0 atom stereocenters. The van der Waals surface area contributed by atoms with Crippen molar-refractivity contribution < 1.29 is 0 Å². The Bertz CT molecular complexity index is 299. The number of nitrogens with two attached hydrogens (primary N) is 1. The van der Waals surface area contributed by atoms with Gasteiger partial charge >= 0.3 is 0 Å². The van der Waals surface area contributed by atoms with Gasteiger partial charge in [0.2, 0.25) is 0 Å². The molecule has 1 aliphatic heterocycles. The van der Waals surface area contributed by atoms with Gasteiger partial charge in [-0.25, -0.2) is 0 Å². The molecular weight excluding hydrogens is 176 g/mol. The molecule has 4 nitrogen and oxygen atoms in total. The van der Waals surface area contributed by atoms with Crippen molar-refractivity contribution in [2.24, 2.45) is 7.05 Å². The van der Waals surface area contributed by atoms with Crippen molar-refractivity contribution in [3.8, 4) is 0 Å². The zero-order valence-corrected chi connectivity index (χ0v) is 8.74. The first kappa shape index (κ1) is 9.52. The van der Waals surface area contributed by atoms with Crippen LogP contribution in [0.3, 0.4) is 0 Å². The molecule has 1 saturated heterocycles. The number of rotatable bonds is 2. The van der Waals surface area contributed by atoms with Crippen LogP contribution in [-0.2, 0) is 13.6 Å². The molecule has 0 saturated carbocycles. The van der Waals surface area contributed by atoms with Gasteiger partial charge < -0.3 is 5.73 Å². The van der Waals surface area contributed by atoms with E-state index in [0.717, 1.165) is 17.9 Å². The van der Waals surface area contributed by atoms with Gasteiger partial charge in [0.1, 0.15) is 5.82 Å². The Kier molecular flexibility index (Phi) is 2.72. The van der Waals surface area contributed by atoms with Gasteiger partial charge in [0.25, 0.3) is 0 Å². The Morgan fingerprint density at radius 1 is 1.36 bits per heavy atom. The van der Waals surface area contributed by atoms with E-state index in [1.165, 1.54) is 32.4 Å². The number of hydrogen-bond donors (Lipinski definition) is 1. The van der Waals surface area contributed by atoms with Crippen molar-refractivity contribution in [1.82, 2.24) is 14.7 Å². The second-order valence-electron chi connectivity index (χ2n) is 4.02. The number of aromatic nitrogens is 2. The molecule has 1 aromatic rings. The fourth-order valence-electron chi connectivity index (χ4n) is 1.97. The smallest absolute Gasteiger partial charge is 0.125 e. The molecular formula is C10H18N4. The van der Waals surface area contributed by atoms with E-state index < -0.39 is 0 Å². The maximum Gasteiger partial charge on any atom is 0.125 e. The molecule has 1 aromatic heterocycles. The van der Waals surface area contributed by atoms with Crippen LogP contribution in [0, 0.1) is 0 Å². The average Bonchev–Trinajstić information content (AvgIpc) is 2.52. The van der Waals surface area contributed by atoms with E-state index in [-0.39, 0.29) is 0 Å². The van der Waals surface area contributed by atoms with E-state index in [2.05, 4.69) is 10.00 Å². The van der Waals surface area contributed by atoms with Gasteiger partial charge in [-0.1, -0.05) is 6.42 Å². The summed E-state index contributed by atoms with van der Waals surface area (Å²) in [5, 5.41) is 4.15. The Morgan fingerprint density at radius 2 is 2.07 bits per heavy atom. The van der Waals surface area contributed by atoms with Gasteiger partial charge in [-0.2, -0.15) is 5.10 Å². The monoisotopic (exact) mass is 194 g/mol. The molecule has 1 fully saturated rings. The number of nitrogen functional groups attached to an aromatic ring is 1. The van der Waals surface area contributed by atoms with Crippen LogP contribution in [0.2, 0.25) is 0 Å². The lowest BCUT2D eigenvalue weighted by Crippen LogP contribution is -2.29. The van der Waals surface area contributed by atoms with E-state index in [1.807, 2.05) is 13.2 Å². The number of aryl methyl sites for hydroxylation is 1. The SMILES string of the molecule is Cn1ncc(CN2CCCCC2)c1N. The summed E-state index contributed by atoms with van der Waals surface area (Å²) in [6, 6.07) is 0. The van der Waals surface area contributed by atoms with E-state index in [9.17, 15) is 0 Å². The fourth-order valence-corrected chi connectivity index (χ4v) is 1.97. The summed E-state index contributed by atoms with van der Waals surface area (Å²) < 4.78 is 1.74. The second-order valence-corrected chi connectivity index (χ2v) is 4.02. The largest absolute Gasteiger partial charge is 0.384 e. The molecule has 0 aliphatic carbocycles. The minimum atomic E-state index is 0.801. The molecule has 2 rings (SSSR count). The summed E-state index contributed by atoms with van der Waals surface area (Å²) in [4.78, 5) is 2.46. The normalized spacial score (nSPS) is 18.6. The van der Waals surface area contributed by atoms with Crippen LogP contribution < -0.4 is 5.73 Å². The summed E-state index contributed by atoms with van der Waals surface area (Å²) >= 11 is 0. The van der Waals surface area contributed by atoms with Crippen LogP contribution >= 0.6 is 0 Å². The number of hydrogen-bond acceptors (Lipinski definition) is 3. The van der Waals surface area contributed by atoms with Crippen molar-refractivity contribution in [1.29, 1.82) is 0 Å². The third kappa shape index (κ3) is 1.90. The summed E-state index contributed by atoms with van der Waals surface area (Å²) in [7, 11) is 1.88. The third-order valence-corrected chi connectivity index (χ3v) is 2.91. The topological polar surface area (TPSA) is 47.1 Å². The van der Waals surface area contributed by atoms with E-state index in [0.29, 0.717) is 0 Å². The zero-order chi connectivity index (χ0) is 9.97. The lowest BCUT2D eigenvalue weighted by molar-refractivity contribution is 0.221. The predicted octanol–water partition coefficient (Wildman–Crippen LogP) is 0.988. The van der Waals surface area contributed by atoms with E-state index >= 15 is 0 Å². The van der Waals surface area contributed by atoms with Gasteiger partial charge in [-0.05, 0) is 25.9 Å². The Balaban J connectivity index is 1.99. The van der Waals surface area contributed by atoms with Gasteiger partial charge in [-0.15, -0.1) is 0 Å². The molecule has 2 N–H and O–H groups in total. The zero-order valence-electron chi connectivity index (χ0n) is 8.74. The van der Waals surface area contributed by atoms with Crippen molar-refractivity contribution in [3.63, 3.8) is 0 Å². The average molecular weight is 194 g/mol. The molecule has 1 aliphatic rings. The molecule has 4 heteroatoms. The molecule has 78 valence electrons. The molecule has 2 heterocycles. The van der Waals surface area contributed by atoms with E-state index in [4.69, 9.17) is 5.73 Å². The van der Waals surface area contributed by atoms with Crippen LogP contribution in [0.5, 0.6) is 0 Å². The van der Waals surface area contributed by atoms with Crippen molar-refractivity contribution in [2.45, 2.75) is 25.8 Å². The van der Waals surface area contributed by atoms with Gasteiger partial charge in [0, 0.05) is 19.2 Å². The highest BCUT2D eigenvalue weighted by molar-refractivity contribution is 5.38. The van der Waals surface area contributed by atoms with Gasteiger partial charge in [0.15, 0.2) is 0 Å². The number of nitrogens with zero attached hydrogens (tertiary/aromatic N) is 3. The Hall–Kier alpha value is -1.03. The molecule has 0 radical (unpaired) electrons. The number of likely N-dealkylation sites (tertiary alicyclic amines) is 1. The van der Waals surface area contributed by atoms with E-state index in [1.54, 1.807) is 4.68 Å². The van der Waals surface area contributed by atoms with Crippen LogP contribution in [0.25, 0.3) is 0 Å². The first-order valence-electron chi connectivity index (χ1n) is 5.26. The highest BCUT2D eigenvalue weighted by Crippen LogP contribution is 2.16. The molecule has 0 amide bonds. The maximum absolute atomic E-state index is 5.89. The number of anilines is 1. The second kappa shape index (κ2) is 4.00. The van der Waals surface area contributed by atoms with Crippen LogP contribution in [0.1, 0.15) is 24.8 Å². The molecule has 0 unspecified atom stereocenters. The van der Waals surface area contributed by atoms with Crippen molar-refractivity contribution >= 4 is 5.82 Å². The Labute approximate surface area is 84.7 Å². The van der Waals surface area contributed by atoms with Crippen molar-refractivity contribution in [2.75, 3.05) is 18.8 Å². The quantitative estimate of drug-likeness (QED) is 0.763.